The number of ketones is 1. The zero-order chi connectivity index (χ0) is 22.7. The van der Waals surface area contributed by atoms with E-state index in [1.165, 1.54) is 24.5 Å². The summed E-state index contributed by atoms with van der Waals surface area (Å²) in [4.78, 5) is 18.3. The zero-order valence-corrected chi connectivity index (χ0v) is 18.1. The molecule has 1 fully saturated rings. The van der Waals surface area contributed by atoms with Crippen LogP contribution in [0, 0.1) is 0 Å². The predicted octanol–water partition coefficient (Wildman–Crippen LogP) is 5.37. The van der Waals surface area contributed by atoms with Gasteiger partial charge in [-0.15, -0.1) is 0 Å². The average Bonchev–Trinajstić information content (AvgIpc) is 3.12. The quantitative estimate of drug-likeness (QED) is 0.440. The largest absolute Gasteiger partial charge is 0.490 e. The third-order valence-electron chi connectivity index (χ3n) is 5.64. The molecule has 1 aliphatic rings. The van der Waals surface area contributed by atoms with Gasteiger partial charge in [-0.1, -0.05) is 17.7 Å². The van der Waals surface area contributed by atoms with Crippen molar-refractivity contribution >= 4 is 28.4 Å². The summed E-state index contributed by atoms with van der Waals surface area (Å²) in [5.74, 6) is -1.07. The van der Waals surface area contributed by atoms with Crippen LogP contribution in [-0.2, 0) is 6.54 Å². The van der Waals surface area contributed by atoms with Crippen LogP contribution in [0.15, 0.2) is 48.8 Å². The molecule has 1 saturated heterocycles. The first-order valence-corrected chi connectivity index (χ1v) is 10.9. The number of pyridine rings is 1. The van der Waals surface area contributed by atoms with E-state index in [0.717, 1.165) is 44.6 Å². The number of fused-ring (bicyclic) bond motifs is 1. The molecule has 0 saturated carbocycles. The number of Topliss-reactive ketones (excluding diaryl/α,β-unsaturated/α-hetero) is 1. The molecule has 1 aromatic carbocycles. The van der Waals surface area contributed by atoms with E-state index in [4.69, 9.17) is 16.3 Å². The molecule has 1 aliphatic heterocycles. The molecule has 0 spiro atoms. The summed E-state index contributed by atoms with van der Waals surface area (Å²) >= 11 is 6.00. The highest BCUT2D eigenvalue weighted by Crippen LogP contribution is 2.28. The predicted molar refractivity (Wildman–Crippen MR) is 116 cm³/mol. The van der Waals surface area contributed by atoms with Crippen LogP contribution < -0.4 is 4.74 Å². The Morgan fingerprint density at radius 2 is 1.94 bits per heavy atom. The van der Waals surface area contributed by atoms with Crippen LogP contribution in [0.4, 0.5) is 13.2 Å². The molecule has 32 heavy (non-hydrogen) atoms. The van der Waals surface area contributed by atoms with Crippen LogP contribution in [-0.4, -0.2) is 52.1 Å². The maximum absolute atomic E-state index is 13.0. The topological polar surface area (TPSA) is 47.4 Å². The number of rotatable bonds is 7. The highest BCUT2D eigenvalue weighted by Gasteiger charge is 2.41. The molecule has 9 heteroatoms. The van der Waals surface area contributed by atoms with Crippen molar-refractivity contribution in [2.24, 2.45) is 0 Å². The van der Waals surface area contributed by atoms with E-state index in [-0.39, 0.29) is 17.1 Å². The van der Waals surface area contributed by atoms with Crippen molar-refractivity contribution in [1.29, 1.82) is 0 Å². The number of carbonyl (C=O) groups is 1. The highest BCUT2D eigenvalue weighted by molar-refractivity contribution is 6.30. The summed E-state index contributed by atoms with van der Waals surface area (Å²) in [5.41, 5.74) is 0.0494. The minimum absolute atomic E-state index is 0.137. The minimum Gasteiger partial charge on any atom is -0.490 e. The number of alkyl halides is 3. The Kier molecular flexibility index (Phi) is 6.71. The number of carbonyl (C=O) groups excluding carboxylic acids is 1. The molecule has 2 aromatic heterocycles. The van der Waals surface area contributed by atoms with Crippen molar-refractivity contribution in [3.8, 4) is 5.75 Å². The van der Waals surface area contributed by atoms with Gasteiger partial charge in [-0.25, -0.2) is 4.98 Å². The number of ether oxygens (including phenoxy) is 1. The van der Waals surface area contributed by atoms with Crippen LogP contribution >= 0.6 is 11.6 Å². The van der Waals surface area contributed by atoms with Crippen LogP contribution in [0.25, 0.3) is 11.0 Å². The number of benzene rings is 1. The zero-order valence-electron chi connectivity index (χ0n) is 17.3. The first-order chi connectivity index (χ1) is 15.3. The molecule has 0 amide bonds. The van der Waals surface area contributed by atoms with Gasteiger partial charge in [0.05, 0.1) is 5.56 Å². The second-order valence-electron chi connectivity index (χ2n) is 7.91. The SMILES string of the molecule is O=C(c1cn(CCCN2CCC(Oc3cccc(Cl)c3)CC2)c2ncccc12)C(F)(F)F. The molecule has 0 N–H and O–H groups in total. The van der Waals surface area contributed by atoms with Gasteiger partial charge in [0, 0.05) is 42.4 Å². The summed E-state index contributed by atoms with van der Waals surface area (Å²) in [6.07, 6.45) is 0.546. The van der Waals surface area contributed by atoms with Gasteiger partial charge in [-0.2, -0.15) is 13.2 Å². The van der Waals surface area contributed by atoms with E-state index >= 15 is 0 Å². The molecule has 4 rings (SSSR count). The molecule has 0 bridgehead atoms. The molecule has 5 nitrogen and oxygen atoms in total. The minimum atomic E-state index is -4.91. The van der Waals surface area contributed by atoms with E-state index in [1.54, 1.807) is 10.6 Å². The Morgan fingerprint density at radius 3 is 2.66 bits per heavy atom. The smallest absolute Gasteiger partial charge is 0.454 e. The summed E-state index contributed by atoms with van der Waals surface area (Å²) in [6, 6.07) is 10.4. The van der Waals surface area contributed by atoms with Crippen molar-refractivity contribution in [3.05, 3.63) is 59.4 Å². The van der Waals surface area contributed by atoms with E-state index in [9.17, 15) is 18.0 Å². The Balaban J connectivity index is 1.31. The first-order valence-electron chi connectivity index (χ1n) is 10.5. The third kappa shape index (κ3) is 5.24. The van der Waals surface area contributed by atoms with Gasteiger partial charge in [0.1, 0.15) is 17.5 Å². The summed E-state index contributed by atoms with van der Waals surface area (Å²) in [6.45, 7) is 3.05. The highest BCUT2D eigenvalue weighted by atomic mass is 35.5. The van der Waals surface area contributed by atoms with Crippen LogP contribution in [0.3, 0.4) is 0 Å². The Labute approximate surface area is 188 Å². The number of piperidine rings is 1. The van der Waals surface area contributed by atoms with E-state index < -0.39 is 12.0 Å². The normalized spacial score (nSPS) is 15.9. The third-order valence-corrected chi connectivity index (χ3v) is 5.88. The van der Waals surface area contributed by atoms with Crippen molar-refractivity contribution in [3.63, 3.8) is 0 Å². The maximum atomic E-state index is 13.0. The van der Waals surface area contributed by atoms with E-state index in [1.807, 2.05) is 18.2 Å². The molecule has 0 atom stereocenters. The second kappa shape index (κ2) is 9.50. The van der Waals surface area contributed by atoms with Gasteiger partial charge in [0.15, 0.2) is 0 Å². The van der Waals surface area contributed by atoms with Crippen molar-refractivity contribution in [2.75, 3.05) is 19.6 Å². The maximum Gasteiger partial charge on any atom is 0.454 e. The lowest BCUT2D eigenvalue weighted by atomic mass is 10.1. The molecular weight excluding hydrogens is 443 g/mol. The van der Waals surface area contributed by atoms with Crippen molar-refractivity contribution in [1.82, 2.24) is 14.5 Å². The lowest BCUT2D eigenvalue weighted by molar-refractivity contribution is -0.0884. The lowest BCUT2D eigenvalue weighted by Crippen LogP contribution is -2.38. The molecule has 0 radical (unpaired) electrons. The molecule has 170 valence electrons. The number of halogens is 4. The van der Waals surface area contributed by atoms with Gasteiger partial charge in [0.25, 0.3) is 5.78 Å². The van der Waals surface area contributed by atoms with E-state index in [0.29, 0.717) is 17.2 Å². The van der Waals surface area contributed by atoms with Crippen LogP contribution in [0.1, 0.15) is 29.6 Å². The number of likely N-dealkylation sites (tertiary alicyclic amines) is 1. The summed E-state index contributed by atoms with van der Waals surface area (Å²) in [7, 11) is 0. The Morgan fingerprint density at radius 1 is 1.16 bits per heavy atom. The fraction of sp³-hybridized carbons (Fsp3) is 0.391. The standard InChI is InChI=1S/C23H23ClF3N3O2/c24-16-4-1-5-18(14-16)32-17-7-12-29(13-8-17)10-3-11-30-15-20(21(31)23(25,26)27)19-6-2-9-28-22(19)30/h1-2,4-6,9,14-15,17H,3,7-8,10-13H2. The fourth-order valence-electron chi connectivity index (χ4n) is 4.07. The first kappa shape index (κ1) is 22.6. The molecule has 0 unspecified atom stereocenters. The monoisotopic (exact) mass is 465 g/mol. The van der Waals surface area contributed by atoms with Crippen molar-refractivity contribution in [2.45, 2.75) is 38.1 Å². The number of hydrogen-bond acceptors (Lipinski definition) is 4. The van der Waals surface area contributed by atoms with Gasteiger partial charge in [0.2, 0.25) is 0 Å². The van der Waals surface area contributed by atoms with Crippen molar-refractivity contribution < 1.29 is 22.7 Å². The van der Waals surface area contributed by atoms with Crippen LogP contribution in [0.2, 0.25) is 5.02 Å². The number of hydrogen-bond donors (Lipinski definition) is 0. The Hall–Kier alpha value is -2.58. The molecule has 3 heterocycles. The van der Waals surface area contributed by atoms with E-state index in [2.05, 4.69) is 9.88 Å². The second-order valence-corrected chi connectivity index (χ2v) is 8.34. The Bertz CT molecular complexity index is 1090. The number of aromatic nitrogens is 2. The van der Waals surface area contributed by atoms with Gasteiger partial charge in [-0.3, -0.25) is 4.79 Å². The lowest BCUT2D eigenvalue weighted by Gasteiger charge is -2.32. The summed E-state index contributed by atoms with van der Waals surface area (Å²) in [5, 5.41) is 0.876. The number of aryl methyl sites for hydroxylation is 1. The molecule has 0 aliphatic carbocycles. The fourth-order valence-corrected chi connectivity index (χ4v) is 4.26. The average molecular weight is 466 g/mol. The van der Waals surface area contributed by atoms with Gasteiger partial charge in [-0.05, 0) is 56.1 Å². The molecule has 3 aromatic rings. The summed E-state index contributed by atoms with van der Waals surface area (Å²) < 4.78 is 46.5. The molecular formula is C23H23ClF3N3O2. The number of nitrogens with zero attached hydrogens (tertiary/aromatic N) is 3. The van der Waals surface area contributed by atoms with Crippen LogP contribution in [0.5, 0.6) is 5.75 Å². The van der Waals surface area contributed by atoms with Gasteiger partial charge < -0.3 is 14.2 Å². The van der Waals surface area contributed by atoms with Gasteiger partial charge >= 0.3 is 6.18 Å².